The van der Waals surface area contributed by atoms with Crippen molar-refractivity contribution < 1.29 is 20.1 Å². The largest absolute Gasteiger partial charge is 0.508 e. The van der Waals surface area contributed by atoms with Gasteiger partial charge in [-0.05, 0) is 56.1 Å². The molecule has 0 aromatic heterocycles. The van der Waals surface area contributed by atoms with Crippen molar-refractivity contribution in [2.45, 2.75) is 0 Å². The maximum Gasteiger partial charge on any atom is 0.136 e. The Bertz CT molecular complexity index is 558. The van der Waals surface area contributed by atoms with Gasteiger partial charge in [0.1, 0.15) is 23.0 Å². The number of phenolic OH excluding ortho intramolecular Hbond substituents is 3. The number of hydrogen-bond donors (Lipinski definition) is 3. The topological polar surface area (TPSA) is 69.9 Å². The average Bonchev–Trinajstić information content (AvgIpc) is 2.38. The molecule has 0 unspecified atom stereocenters. The molecule has 0 saturated heterocycles. The van der Waals surface area contributed by atoms with Gasteiger partial charge in [0.15, 0.2) is 0 Å². The minimum atomic E-state index is 0.0509. The molecule has 0 aliphatic carbocycles. The number of hydrogen-bond acceptors (Lipinski definition) is 4. The molecular formula is C13H12Br2O4. The van der Waals surface area contributed by atoms with Crippen LogP contribution in [0, 0.1) is 0 Å². The molecule has 0 bridgehead atoms. The zero-order valence-corrected chi connectivity index (χ0v) is 13.1. The Hall–Kier alpha value is -1.40. The summed E-state index contributed by atoms with van der Waals surface area (Å²) in [5, 5.41) is 26.6. The van der Waals surface area contributed by atoms with Crippen LogP contribution in [0.25, 0.3) is 0 Å². The summed E-state index contributed by atoms with van der Waals surface area (Å²) in [5.74, 6) is 0.964. The second-order valence-corrected chi connectivity index (χ2v) is 5.16. The van der Waals surface area contributed by atoms with Gasteiger partial charge in [-0.2, -0.15) is 0 Å². The second-order valence-electron chi connectivity index (χ2n) is 3.45. The Labute approximate surface area is 127 Å². The molecule has 0 amide bonds. The molecule has 0 aliphatic rings. The number of ether oxygens (including phenoxy) is 1. The first-order chi connectivity index (χ1) is 8.93. The molecular weight excluding hydrogens is 380 g/mol. The van der Waals surface area contributed by atoms with E-state index in [1.807, 2.05) is 0 Å². The van der Waals surface area contributed by atoms with E-state index in [9.17, 15) is 0 Å². The van der Waals surface area contributed by atoms with Crippen LogP contribution in [0.4, 0.5) is 0 Å². The van der Waals surface area contributed by atoms with E-state index in [1.165, 1.54) is 12.1 Å². The molecule has 19 heavy (non-hydrogen) atoms. The van der Waals surface area contributed by atoms with Crippen LogP contribution in [0.1, 0.15) is 0 Å². The third-order valence-electron chi connectivity index (χ3n) is 2.06. The van der Waals surface area contributed by atoms with Gasteiger partial charge in [-0.15, -0.1) is 0 Å². The van der Waals surface area contributed by atoms with Crippen molar-refractivity contribution in [1.29, 1.82) is 0 Å². The fourth-order valence-corrected chi connectivity index (χ4v) is 1.80. The Morgan fingerprint density at radius 3 is 1.79 bits per heavy atom. The zero-order valence-electron chi connectivity index (χ0n) is 9.97. The summed E-state index contributed by atoms with van der Waals surface area (Å²) in [7, 11) is 1.56. The van der Waals surface area contributed by atoms with Gasteiger partial charge in [0.05, 0.1) is 16.1 Å². The zero-order chi connectivity index (χ0) is 14.4. The lowest BCUT2D eigenvalue weighted by Gasteiger charge is -2.01. The SMILES string of the molecule is COc1cc(O)ccc1Br.Oc1ccc(Br)c(O)c1. The summed E-state index contributed by atoms with van der Waals surface area (Å²) in [6, 6.07) is 9.20. The summed E-state index contributed by atoms with van der Waals surface area (Å²) in [4.78, 5) is 0. The third kappa shape index (κ3) is 5.00. The highest BCUT2D eigenvalue weighted by atomic mass is 79.9. The third-order valence-corrected chi connectivity index (χ3v) is 3.39. The fraction of sp³-hybridized carbons (Fsp3) is 0.0769. The normalized spacial score (nSPS) is 9.42. The summed E-state index contributed by atoms with van der Waals surface area (Å²) < 4.78 is 6.34. The van der Waals surface area contributed by atoms with E-state index >= 15 is 0 Å². The van der Waals surface area contributed by atoms with Gasteiger partial charge < -0.3 is 20.1 Å². The average molecular weight is 392 g/mol. The fourth-order valence-electron chi connectivity index (χ4n) is 1.15. The van der Waals surface area contributed by atoms with Crippen LogP contribution in [0.5, 0.6) is 23.0 Å². The predicted octanol–water partition coefficient (Wildman–Crippen LogP) is 4.02. The molecule has 0 heterocycles. The highest BCUT2D eigenvalue weighted by Gasteiger charge is 1.98. The minimum Gasteiger partial charge on any atom is -0.508 e. The van der Waals surface area contributed by atoms with Crippen LogP contribution in [-0.2, 0) is 0 Å². The molecule has 4 nitrogen and oxygen atoms in total. The van der Waals surface area contributed by atoms with Gasteiger partial charge in [0, 0.05) is 12.1 Å². The molecule has 6 heteroatoms. The summed E-state index contributed by atoms with van der Waals surface area (Å²) in [6.07, 6.45) is 0. The van der Waals surface area contributed by atoms with Crippen LogP contribution in [0.3, 0.4) is 0 Å². The molecule has 0 radical (unpaired) electrons. The van der Waals surface area contributed by atoms with E-state index in [1.54, 1.807) is 31.4 Å². The Morgan fingerprint density at radius 1 is 0.842 bits per heavy atom. The first-order valence-electron chi connectivity index (χ1n) is 5.14. The van der Waals surface area contributed by atoms with Gasteiger partial charge >= 0.3 is 0 Å². The summed E-state index contributed by atoms with van der Waals surface area (Å²) in [6.45, 7) is 0. The Kier molecular flexibility index (Phi) is 5.98. The Morgan fingerprint density at radius 2 is 1.37 bits per heavy atom. The minimum absolute atomic E-state index is 0.0509. The second kappa shape index (κ2) is 7.25. The Balaban J connectivity index is 0.000000191. The predicted molar refractivity (Wildman–Crippen MR) is 79.8 cm³/mol. The van der Waals surface area contributed by atoms with Crippen LogP contribution < -0.4 is 4.74 Å². The van der Waals surface area contributed by atoms with E-state index in [-0.39, 0.29) is 17.2 Å². The van der Waals surface area contributed by atoms with Gasteiger partial charge in [-0.3, -0.25) is 0 Å². The van der Waals surface area contributed by atoms with Crippen molar-refractivity contribution in [3.05, 3.63) is 45.3 Å². The molecule has 0 aliphatic heterocycles. The lowest BCUT2D eigenvalue weighted by Crippen LogP contribution is -1.82. The van der Waals surface area contributed by atoms with Crippen LogP contribution in [0.15, 0.2) is 45.3 Å². The number of methoxy groups -OCH3 is 1. The van der Waals surface area contributed by atoms with Crippen molar-refractivity contribution >= 4 is 31.9 Å². The van der Waals surface area contributed by atoms with Crippen molar-refractivity contribution in [2.24, 2.45) is 0 Å². The molecule has 0 spiro atoms. The molecule has 0 atom stereocenters. The smallest absolute Gasteiger partial charge is 0.136 e. The van der Waals surface area contributed by atoms with E-state index in [2.05, 4.69) is 31.9 Å². The lowest BCUT2D eigenvalue weighted by molar-refractivity contribution is 0.405. The first-order valence-corrected chi connectivity index (χ1v) is 6.72. The van der Waals surface area contributed by atoms with Gasteiger partial charge in [0.2, 0.25) is 0 Å². The van der Waals surface area contributed by atoms with Crippen LogP contribution in [-0.4, -0.2) is 22.4 Å². The molecule has 0 fully saturated rings. The highest BCUT2D eigenvalue weighted by molar-refractivity contribution is 9.10. The highest BCUT2D eigenvalue weighted by Crippen LogP contribution is 2.28. The molecule has 3 N–H and O–H groups in total. The number of aromatic hydroxyl groups is 3. The lowest BCUT2D eigenvalue weighted by atomic mass is 10.3. The van der Waals surface area contributed by atoms with Crippen molar-refractivity contribution in [2.75, 3.05) is 7.11 Å². The van der Waals surface area contributed by atoms with Crippen molar-refractivity contribution in [1.82, 2.24) is 0 Å². The first kappa shape index (κ1) is 15.7. The molecule has 2 aromatic carbocycles. The number of halogens is 2. The maximum atomic E-state index is 8.97. The number of phenols is 3. The maximum absolute atomic E-state index is 8.97. The number of benzene rings is 2. The molecule has 2 aromatic rings. The quantitative estimate of drug-likeness (QED) is 0.686. The summed E-state index contributed by atoms with van der Waals surface area (Å²) in [5.41, 5.74) is 0. The number of rotatable bonds is 1. The van der Waals surface area contributed by atoms with E-state index < -0.39 is 0 Å². The molecule has 2 rings (SSSR count). The standard InChI is InChI=1S/C7H7BrO2.C6H5BrO2/c1-10-7-4-5(9)2-3-6(7)8;7-5-2-1-4(8)3-6(5)9/h2-4,9H,1H3;1-3,8-9H. The van der Waals surface area contributed by atoms with E-state index in [4.69, 9.17) is 20.1 Å². The van der Waals surface area contributed by atoms with Crippen molar-refractivity contribution in [3.8, 4) is 23.0 Å². The molecule has 0 saturated carbocycles. The van der Waals surface area contributed by atoms with Gasteiger partial charge in [-0.1, -0.05) is 0 Å². The molecule has 102 valence electrons. The van der Waals surface area contributed by atoms with Crippen molar-refractivity contribution in [3.63, 3.8) is 0 Å². The summed E-state index contributed by atoms with van der Waals surface area (Å²) >= 11 is 6.32. The van der Waals surface area contributed by atoms with E-state index in [0.29, 0.717) is 10.2 Å². The van der Waals surface area contributed by atoms with Gasteiger partial charge in [0.25, 0.3) is 0 Å². The van der Waals surface area contributed by atoms with Crippen LogP contribution >= 0.6 is 31.9 Å². The monoisotopic (exact) mass is 390 g/mol. The van der Waals surface area contributed by atoms with E-state index in [0.717, 1.165) is 4.47 Å². The van der Waals surface area contributed by atoms with Crippen LogP contribution in [0.2, 0.25) is 0 Å². The van der Waals surface area contributed by atoms with Gasteiger partial charge in [-0.25, -0.2) is 0 Å².